The quantitative estimate of drug-likeness (QED) is 0.287. The Balaban J connectivity index is 1.89. The highest BCUT2D eigenvalue weighted by molar-refractivity contribution is 5.83. The highest BCUT2D eigenvalue weighted by Gasteiger charge is 2.47. The number of allylic oxidation sites excluding steroid dienone is 1. The van der Waals surface area contributed by atoms with Gasteiger partial charge in [0.1, 0.15) is 17.5 Å². The Morgan fingerprint density at radius 2 is 1.91 bits per heavy atom. The van der Waals surface area contributed by atoms with Crippen molar-refractivity contribution in [1.29, 1.82) is 0 Å². The number of fused-ring (bicyclic) bond motifs is 1. The normalized spacial score (nSPS) is 18.8. The summed E-state index contributed by atoms with van der Waals surface area (Å²) in [6, 6.07) is 16.3. The molecule has 5 nitrogen and oxygen atoms in total. The van der Waals surface area contributed by atoms with E-state index in [-0.39, 0.29) is 5.97 Å². The SMILES string of the molecule is CCCCOC1c2cc(NCc3ccccc3)ccc2OC(C)(C)C1OC(=O)C=C(C)C. The van der Waals surface area contributed by atoms with Gasteiger partial charge in [-0.3, -0.25) is 0 Å². The van der Waals surface area contributed by atoms with Gasteiger partial charge in [0.05, 0.1) is 0 Å². The lowest BCUT2D eigenvalue weighted by molar-refractivity contribution is -0.179. The summed E-state index contributed by atoms with van der Waals surface area (Å²) >= 11 is 0. The van der Waals surface area contributed by atoms with Crippen LogP contribution < -0.4 is 10.1 Å². The van der Waals surface area contributed by atoms with E-state index < -0.39 is 17.8 Å². The number of benzene rings is 2. The molecule has 1 aliphatic heterocycles. The fraction of sp³-hybridized carbons (Fsp3) is 0.444. The van der Waals surface area contributed by atoms with E-state index in [1.165, 1.54) is 11.6 Å². The van der Waals surface area contributed by atoms with Gasteiger partial charge < -0.3 is 19.5 Å². The fourth-order valence-electron chi connectivity index (χ4n) is 3.77. The second-order valence-electron chi connectivity index (χ2n) is 9.02. The predicted octanol–water partition coefficient (Wildman–Crippen LogP) is 6.21. The maximum Gasteiger partial charge on any atom is 0.331 e. The predicted molar refractivity (Wildman–Crippen MR) is 128 cm³/mol. The monoisotopic (exact) mass is 437 g/mol. The average molecular weight is 438 g/mol. The molecular formula is C27H35NO4. The number of nitrogens with one attached hydrogen (secondary N) is 1. The molecular weight excluding hydrogens is 402 g/mol. The minimum atomic E-state index is -0.728. The van der Waals surface area contributed by atoms with Crippen LogP contribution in [-0.4, -0.2) is 24.3 Å². The molecule has 1 aliphatic rings. The van der Waals surface area contributed by atoms with E-state index in [1.807, 2.05) is 64.1 Å². The topological polar surface area (TPSA) is 56.8 Å². The first kappa shape index (κ1) is 23.9. The Morgan fingerprint density at radius 3 is 2.59 bits per heavy atom. The van der Waals surface area contributed by atoms with Gasteiger partial charge in [-0.15, -0.1) is 0 Å². The zero-order valence-electron chi connectivity index (χ0n) is 19.8. The summed E-state index contributed by atoms with van der Waals surface area (Å²) in [6.45, 7) is 11.1. The number of ether oxygens (including phenoxy) is 3. The second-order valence-corrected chi connectivity index (χ2v) is 9.02. The minimum absolute atomic E-state index is 0.377. The van der Waals surface area contributed by atoms with Crippen LogP contribution in [0, 0.1) is 0 Å². The van der Waals surface area contributed by atoms with Crippen LogP contribution in [0.25, 0.3) is 0 Å². The Bertz CT molecular complexity index is 932. The van der Waals surface area contributed by atoms with Gasteiger partial charge in [0.2, 0.25) is 0 Å². The van der Waals surface area contributed by atoms with Crippen LogP contribution >= 0.6 is 0 Å². The molecule has 0 aromatic heterocycles. The van der Waals surface area contributed by atoms with Crippen molar-refractivity contribution in [3.05, 3.63) is 71.3 Å². The molecule has 1 N–H and O–H groups in total. The molecule has 2 unspecified atom stereocenters. The molecule has 0 spiro atoms. The van der Waals surface area contributed by atoms with E-state index in [4.69, 9.17) is 14.2 Å². The molecule has 1 heterocycles. The van der Waals surface area contributed by atoms with Crippen molar-refractivity contribution in [3.8, 4) is 5.75 Å². The first-order chi connectivity index (χ1) is 15.3. The van der Waals surface area contributed by atoms with Crippen molar-refractivity contribution in [2.45, 2.75) is 71.8 Å². The van der Waals surface area contributed by atoms with Gasteiger partial charge >= 0.3 is 5.97 Å². The summed E-state index contributed by atoms with van der Waals surface area (Å²) in [7, 11) is 0. The summed E-state index contributed by atoms with van der Waals surface area (Å²) in [6.07, 6.45) is 2.49. The number of carbonyl (C=O) groups excluding carboxylic acids is 1. The van der Waals surface area contributed by atoms with Crippen molar-refractivity contribution < 1.29 is 19.0 Å². The first-order valence-corrected chi connectivity index (χ1v) is 11.4. The van der Waals surface area contributed by atoms with Crippen molar-refractivity contribution in [2.24, 2.45) is 0 Å². The van der Waals surface area contributed by atoms with E-state index >= 15 is 0 Å². The third-order valence-electron chi connectivity index (χ3n) is 5.43. The number of esters is 1. The van der Waals surface area contributed by atoms with Crippen molar-refractivity contribution in [2.75, 3.05) is 11.9 Å². The standard InChI is InChI=1S/C27H35NO4/c1-6-7-15-30-25-22-17-21(28-18-20-11-9-8-10-12-20)13-14-23(22)32-27(4,5)26(25)31-24(29)16-19(2)3/h8-14,16-17,25-26,28H,6-7,15,18H2,1-5H3. The Hall–Kier alpha value is -2.79. The highest BCUT2D eigenvalue weighted by atomic mass is 16.6. The van der Waals surface area contributed by atoms with Crippen LogP contribution in [0.1, 0.15) is 64.7 Å². The molecule has 0 aliphatic carbocycles. The largest absolute Gasteiger partial charge is 0.483 e. The molecule has 3 rings (SSSR count). The van der Waals surface area contributed by atoms with Gasteiger partial charge in [-0.1, -0.05) is 49.2 Å². The molecule has 172 valence electrons. The van der Waals surface area contributed by atoms with Gasteiger partial charge in [0.15, 0.2) is 6.10 Å². The van der Waals surface area contributed by atoms with Gasteiger partial charge in [0, 0.05) is 30.5 Å². The van der Waals surface area contributed by atoms with Crippen LogP contribution in [-0.2, 0) is 20.8 Å². The molecule has 2 atom stereocenters. The highest BCUT2D eigenvalue weighted by Crippen LogP contribution is 2.44. The van der Waals surface area contributed by atoms with Crippen LogP contribution in [0.3, 0.4) is 0 Å². The van der Waals surface area contributed by atoms with Crippen molar-refractivity contribution in [1.82, 2.24) is 0 Å². The molecule has 2 aromatic rings. The zero-order chi connectivity index (χ0) is 23.1. The molecule has 0 saturated heterocycles. The van der Waals surface area contributed by atoms with Crippen LogP contribution in [0.5, 0.6) is 5.75 Å². The number of hydrogen-bond acceptors (Lipinski definition) is 5. The Labute approximate surface area is 191 Å². The number of carbonyl (C=O) groups is 1. The molecule has 0 fully saturated rings. The summed E-state index contributed by atoms with van der Waals surface area (Å²) in [5.74, 6) is 0.383. The van der Waals surface area contributed by atoms with Gasteiger partial charge in [0.25, 0.3) is 0 Å². The third kappa shape index (κ3) is 6.13. The van der Waals surface area contributed by atoms with E-state index in [1.54, 1.807) is 0 Å². The number of unbranched alkanes of at least 4 members (excludes halogenated alkanes) is 1. The van der Waals surface area contributed by atoms with Crippen molar-refractivity contribution >= 4 is 11.7 Å². The van der Waals surface area contributed by atoms with E-state index in [2.05, 4.69) is 24.4 Å². The Kier molecular flexibility index (Phi) is 7.97. The maximum absolute atomic E-state index is 12.5. The molecule has 0 saturated carbocycles. The zero-order valence-corrected chi connectivity index (χ0v) is 19.8. The number of hydrogen-bond donors (Lipinski definition) is 1. The van der Waals surface area contributed by atoms with Crippen LogP contribution in [0.4, 0.5) is 5.69 Å². The summed E-state index contributed by atoms with van der Waals surface area (Å²) in [4.78, 5) is 12.5. The maximum atomic E-state index is 12.5. The molecule has 0 radical (unpaired) electrons. The summed E-state index contributed by atoms with van der Waals surface area (Å²) in [5, 5.41) is 3.47. The van der Waals surface area contributed by atoms with Gasteiger partial charge in [-0.05, 0) is 57.9 Å². The molecule has 0 bridgehead atoms. The molecule has 32 heavy (non-hydrogen) atoms. The van der Waals surface area contributed by atoms with E-state index in [0.717, 1.165) is 35.4 Å². The first-order valence-electron chi connectivity index (χ1n) is 11.4. The van der Waals surface area contributed by atoms with Crippen LogP contribution in [0.15, 0.2) is 60.2 Å². The third-order valence-corrected chi connectivity index (χ3v) is 5.43. The number of anilines is 1. The van der Waals surface area contributed by atoms with E-state index in [9.17, 15) is 4.79 Å². The molecule has 5 heteroatoms. The molecule has 2 aromatic carbocycles. The van der Waals surface area contributed by atoms with Crippen LogP contribution in [0.2, 0.25) is 0 Å². The lowest BCUT2D eigenvalue weighted by atomic mass is 9.87. The average Bonchev–Trinajstić information content (AvgIpc) is 2.74. The fourth-order valence-corrected chi connectivity index (χ4v) is 3.77. The summed E-state index contributed by atoms with van der Waals surface area (Å²) in [5.41, 5.74) is 3.23. The minimum Gasteiger partial charge on any atom is -0.483 e. The van der Waals surface area contributed by atoms with Gasteiger partial charge in [-0.25, -0.2) is 4.79 Å². The van der Waals surface area contributed by atoms with E-state index in [0.29, 0.717) is 13.2 Å². The van der Waals surface area contributed by atoms with Crippen molar-refractivity contribution in [3.63, 3.8) is 0 Å². The molecule has 0 amide bonds. The summed E-state index contributed by atoms with van der Waals surface area (Å²) < 4.78 is 18.5. The Morgan fingerprint density at radius 1 is 1.16 bits per heavy atom. The smallest absolute Gasteiger partial charge is 0.331 e. The lowest BCUT2D eigenvalue weighted by Gasteiger charge is -2.43. The van der Waals surface area contributed by atoms with Gasteiger partial charge in [-0.2, -0.15) is 0 Å². The number of rotatable bonds is 9. The second kappa shape index (κ2) is 10.7. The lowest BCUT2D eigenvalue weighted by Crippen LogP contribution is -2.51.